The Balaban J connectivity index is 2.94. The van der Waals surface area contributed by atoms with Crippen LogP contribution in [0.2, 0.25) is 0 Å². The summed E-state index contributed by atoms with van der Waals surface area (Å²) in [6.45, 7) is 8.04. The van der Waals surface area contributed by atoms with E-state index in [0.29, 0.717) is 19.6 Å². The SMILES string of the molecule is CCCOc1ccc(C(F)(F)F)cc1NC(=O)[C@@H](C)OCC(C)C. The fraction of sp³-hybridized carbons (Fsp3) is 0.588. The number of carbonyl (C=O) groups is 1. The lowest BCUT2D eigenvalue weighted by atomic mass is 10.1. The lowest BCUT2D eigenvalue weighted by Gasteiger charge is -2.18. The van der Waals surface area contributed by atoms with Crippen molar-refractivity contribution >= 4 is 11.6 Å². The second kappa shape index (κ2) is 8.92. The maximum Gasteiger partial charge on any atom is 0.416 e. The van der Waals surface area contributed by atoms with Gasteiger partial charge in [-0.25, -0.2) is 0 Å². The van der Waals surface area contributed by atoms with Crippen molar-refractivity contribution in [3.63, 3.8) is 0 Å². The molecule has 0 bridgehead atoms. The van der Waals surface area contributed by atoms with E-state index >= 15 is 0 Å². The highest BCUT2D eigenvalue weighted by atomic mass is 19.4. The number of nitrogens with one attached hydrogen (secondary N) is 1. The molecular formula is C17H24F3NO3. The Labute approximate surface area is 140 Å². The molecule has 4 nitrogen and oxygen atoms in total. The van der Waals surface area contributed by atoms with E-state index in [1.165, 1.54) is 6.07 Å². The predicted octanol–water partition coefficient (Wildman–Crippen LogP) is 4.49. The third-order valence-corrected chi connectivity index (χ3v) is 3.08. The van der Waals surface area contributed by atoms with Crippen LogP contribution in [0.25, 0.3) is 0 Å². The van der Waals surface area contributed by atoms with Crippen molar-refractivity contribution in [2.45, 2.75) is 46.4 Å². The smallest absolute Gasteiger partial charge is 0.416 e. The number of hydrogen-bond acceptors (Lipinski definition) is 3. The van der Waals surface area contributed by atoms with Crippen molar-refractivity contribution in [1.82, 2.24) is 0 Å². The number of hydrogen-bond donors (Lipinski definition) is 1. The summed E-state index contributed by atoms with van der Waals surface area (Å²) in [5.41, 5.74) is -0.860. The zero-order valence-corrected chi connectivity index (χ0v) is 14.4. The van der Waals surface area contributed by atoms with Crippen LogP contribution < -0.4 is 10.1 Å². The summed E-state index contributed by atoms with van der Waals surface area (Å²) < 4.78 is 49.4. The summed E-state index contributed by atoms with van der Waals surface area (Å²) in [6.07, 6.45) is -4.58. The minimum atomic E-state index is -4.50. The van der Waals surface area contributed by atoms with Gasteiger partial charge in [-0.1, -0.05) is 20.8 Å². The highest BCUT2D eigenvalue weighted by molar-refractivity contribution is 5.95. The van der Waals surface area contributed by atoms with E-state index in [-0.39, 0.29) is 17.4 Å². The third kappa shape index (κ3) is 6.39. The summed E-state index contributed by atoms with van der Waals surface area (Å²) in [7, 11) is 0. The Morgan fingerprint density at radius 3 is 2.46 bits per heavy atom. The molecular weight excluding hydrogens is 323 g/mol. The standard InChI is InChI=1S/C17H24F3NO3/c1-5-8-23-15-7-6-13(17(18,19)20)9-14(15)21-16(22)12(4)24-10-11(2)3/h6-7,9,11-12H,5,8,10H2,1-4H3,(H,21,22)/t12-/m1/s1. The van der Waals surface area contributed by atoms with Crippen LogP contribution in [0.4, 0.5) is 18.9 Å². The molecule has 0 aliphatic rings. The maximum absolute atomic E-state index is 12.9. The van der Waals surface area contributed by atoms with Crippen molar-refractivity contribution in [2.75, 3.05) is 18.5 Å². The normalized spacial score (nSPS) is 13.0. The van der Waals surface area contributed by atoms with Crippen LogP contribution in [-0.2, 0) is 15.7 Å². The molecule has 1 aromatic rings. The van der Waals surface area contributed by atoms with Gasteiger partial charge in [-0.15, -0.1) is 0 Å². The summed E-state index contributed by atoms with van der Waals surface area (Å²) >= 11 is 0. The molecule has 0 unspecified atom stereocenters. The predicted molar refractivity (Wildman–Crippen MR) is 86.1 cm³/mol. The van der Waals surface area contributed by atoms with Crippen LogP contribution >= 0.6 is 0 Å². The number of halogens is 3. The number of carbonyl (C=O) groups excluding carboxylic acids is 1. The molecule has 1 atom stereocenters. The van der Waals surface area contributed by atoms with Gasteiger partial charge in [-0.3, -0.25) is 4.79 Å². The van der Waals surface area contributed by atoms with Crippen LogP contribution in [-0.4, -0.2) is 25.2 Å². The maximum atomic E-state index is 12.9. The molecule has 136 valence electrons. The molecule has 0 aromatic heterocycles. The lowest BCUT2D eigenvalue weighted by Crippen LogP contribution is -2.29. The van der Waals surface area contributed by atoms with Gasteiger partial charge in [0.05, 0.1) is 17.9 Å². The summed E-state index contributed by atoms with van der Waals surface area (Å²) in [5, 5.41) is 2.47. The van der Waals surface area contributed by atoms with Gasteiger partial charge in [0.1, 0.15) is 11.9 Å². The van der Waals surface area contributed by atoms with Crippen LogP contribution in [0, 0.1) is 5.92 Å². The summed E-state index contributed by atoms with van der Waals surface area (Å²) in [6, 6.07) is 3.02. The van der Waals surface area contributed by atoms with Gasteiger partial charge >= 0.3 is 6.18 Å². The van der Waals surface area contributed by atoms with Gasteiger partial charge < -0.3 is 14.8 Å². The van der Waals surface area contributed by atoms with E-state index in [9.17, 15) is 18.0 Å². The van der Waals surface area contributed by atoms with Crippen molar-refractivity contribution < 1.29 is 27.4 Å². The second-order valence-corrected chi connectivity index (χ2v) is 5.92. The molecule has 1 rings (SSSR count). The van der Waals surface area contributed by atoms with Gasteiger partial charge in [-0.2, -0.15) is 13.2 Å². The van der Waals surface area contributed by atoms with E-state index in [1.807, 2.05) is 20.8 Å². The van der Waals surface area contributed by atoms with Gasteiger partial charge in [0, 0.05) is 6.61 Å². The fourth-order valence-corrected chi connectivity index (χ4v) is 1.79. The Morgan fingerprint density at radius 2 is 1.92 bits per heavy atom. The molecule has 1 amide bonds. The zero-order valence-electron chi connectivity index (χ0n) is 14.4. The Hall–Kier alpha value is -1.76. The lowest BCUT2D eigenvalue weighted by molar-refractivity contribution is -0.137. The van der Waals surface area contributed by atoms with Gasteiger partial charge in [0.15, 0.2) is 0 Å². The molecule has 0 spiro atoms. The van der Waals surface area contributed by atoms with Crippen molar-refractivity contribution in [1.29, 1.82) is 0 Å². The first kappa shape index (κ1) is 20.3. The number of alkyl halides is 3. The molecule has 0 heterocycles. The van der Waals surface area contributed by atoms with Crippen molar-refractivity contribution in [3.05, 3.63) is 23.8 Å². The highest BCUT2D eigenvalue weighted by Crippen LogP contribution is 2.35. The van der Waals surface area contributed by atoms with Gasteiger partial charge in [0.2, 0.25) is 0 Å². The molecule has 1 aromatic carbocycles. The molecule has 7 heteroatoms. The monoisotopic (exact) mass is 347 g/mol. The van der Waals surface area contributed by atoms with Crippen LogP contribution in [0.3, 0.4) is 0 Å². The quantitative estimate of drug-likeness (QED) is 0.753. The molecule has 0 radical (unpaired) electrons. The molecule has 24 heavy (non-hydrogen) atoms. The average Bonchev–Trinajstić information content (AvgIpc) is 2.50. The molecule has 0 aliphatic heterocycles. The van der Waals surface area contributed by atoms with Gasteiger partial charge in [-0.05, 0) is 37.5 Å². The first-order valence-corrected chi connectivity index (χ1v) is 7.91. The molecule has 0 saturated heterocycles. The van der Waals surface area contributed by atoms with E-state index in [2.05, 4.69) is 5.32 Å². The second-order valence-electron chi connectivity index (χ2n) is 5.92. The van der Waals surface area contributed by atoms with Gasteiger partial charge in [0.25, 0.3) is 5.91 Å². The van der Waals surface area contributed by atoms with E-state index < -0.39 is 23.8 Å². The minimum absolute atomic E-state index is 0.0109. The number of benzene rings is 1. The first-order chi connectivity index (χ1) is 11.1. The van der Waals surface area contributed by atoms with Crippen LogP contribution in [0.15, 0.2) is 18.2 Å². The van der Waals surface area contributed by atoms with Crippen molar-refractivity contribution in [2.24, 2.45) is 5.92 Å². The Morgan fingerprint density at radius 1 is 1.25 bits per heavy atom. The number of anilines is 1. The number of ether oxygens (including phenoxy) is 2. The minimum Gasteiger partial charge on any atom is -0.491 e. The average molecular weight is 347 g/mol. The number of amides is 1. The highest BCUT2D eigenvalue weighted by Gasteiger charge is 2.31. The van der Waals surface area contributed by atoms with Crippen LogP contribution in [0.5, 0.6) is 5.75 Å². The number of rotatable bonds is 8. The van der Waals surface area contributed by atoms with E-state index in [1.54, 1.807) is 6.92 Å². The van der Waals surface area contributed by atoms with Crippen molar-refractivity contribution in [3.8, 4) is 5.75 Å². The largest absolute Gasteiger partial charge is 0.491 e. The molecule has 0 saturated carbocycles. The Kier molecular flexibility index (Phi) is 7.54. The zero-order chi connectivity index (χ0) is 18.3. The fourth-order valence-electron chi connectivity index (χ4n) is 1.79. The first-order valence-electron chi connectivity index (χ1n) is 7.91. The van der Waals surface area contributed by atoms with E-state index in [0.717, 1.165) is 12.1 Å². The van der Waals surface area contributed by atoms with Crippen LogP contribution in [0.1, 0.15) is 39.7 Å². The topological polar surface area (TPSA) is 47.6 Å². The van der Waals surface area contributed by atoms with E-state index in [4.69, 9.17) is 9.47 Å². The summed E-state index contributed by atoms with van der Waals surface area (Å²) in [4.78, 5) is 12.1. The molecule has 0 fully saturated rings. The molecule has 1 N–H and O–H groups in total. The third-order valence-electron chi connectivity index (χ3n) is 3.08. The Bertz CT molecular complexity index is 544. The summed E-state index contributed by atoms with van der Waals surface area (Å²) in [5.74, 6) is -0.0668. The molecule has 0 aliphatic carbocycles.